The molecule has 3 aromatic carbocycles. The molecule has 0 atom stereocenters. The monoisotopic (exact) mass is 239 g/mol. The van der Waals surface area contributed by atoms with Crippen LogP contribution in [-0.4, -0.2) is 4.40 Å². The molecule has 0 aliphatic carbocycles. The molecule has 6 rings (SSSR count). The van der Waals surface area contributed by atoms with Gasteiger partial charge in [-0.1, -0.05) is 54.6 Å². The minimum absolute atomic E-state index is 1.39. The fourth-order valence-corrected chi connectivity index (χ4v) is 3.99. The van der Waals surface area contributed by atoms with Crippen LogP contribution in [0.1, 0.15) is 0 Å². The van der Waals surface area contributed by atoms with Crippen molar-refractivity contribution in [3.8, 4) is 0 Å². The second-order valence-electron chi connectivity index (χ2n) is 5.44. The molecule has 1 nitrogen and oxygen atoms in total. The molecule has 0 aliphatic heterocycles. The van der Waals surface area contributed by atoms with Crippen molar-refractivity contribution < 1.29 is 0 Å². The molecule has 0 radical (unpaired) electrons. The van der Waals surface area contributed by atoms with Crippen molar-refractivity contribution in [3.05, 3.63) is 54.6 Å². The van der Waals surface area contributed by atoms with Gasteiger partial charge in [0.2, 0.25) is 0 Å². The van der Waals surface area contributed by atoms with Gasteiger partial charge in [0.15, 0.2) is 0 Å². The third kappa shape index (κ3) is 0.696. The van der Waals surface area contributed by atoms with Crippen molar-refractivity contribution in [2.45, 2.75) is 0 Å². The minimum Gasteiger partial charge on any atom is -0.307 e. The summed E-state index contributed by atoms with van der Waals surface area (Å²) in [5.41, 5.74) is 4.18. The van der Waals surface area contributed by atoms with Gasteiger partial charge in [-0.25, -0.2) is 0 Å². The van der Waals surface area contributed by atoms with E-state index in [1.54, 1.807) is 0 Å². The summed E-state index contributed by atoms with van der Waals surface area (Å²) in [6.45, 7) is 0. The number of rotatable bonds is 0. The lowest BCUT2D eigenvalue weighted by atomic mass is 10.1. The summed E-state index contributed by atoms with van der Waals surface area (Å²) < 4.78 is 2.47. The third-order valence-corrected chi connectivity index (χ3v) is 4.65. The average molecular weight is 239 g/mol. The molecule has 0 aliphatic rings. The molecule has 6 aromatic rings. The van der Waals surface area contributed by atoms with Gasteiger partial charge in [-0.15, -0.1) is 0 Å². The predicted octanol–water partition coefficient (Wildman–Crippen LogP) is 4.87. The zero-order chi connectivity index (χ0) is 12.1. The lowest BCUT2D eigenvalue weighted by Crippen LogP contribution is -1.72. The fourth-order valence-electron chi connectivity index (χ4n) is 3.99. The Hall–Kier alpha value is -2.54. The van der Waals surface area contributed by atoms with E-state index in [-0.39, 0.29) is 0 Å². The molecule has 0 bridgehead atoms. The van der Waals surface area contributed by atoms with Crippen LogP contribution in [0.2, 0.25) is 0 Å². The molecule has 0 saturated carbocycles. The van der Waals surface area contributed by atoms with Gasteiger partial charge < -0.3 is 4.40 Å². The van der Waals surface area contributed by atoms with E-state index in [2.05, 4.69) is 59.0 Å². The van der Waals surface area contributed by atoms with Crippen molar-refractivity contribution in [1.82, 2.24) is 4.40 Å². The lowest BCUT2D eigenvalue weighted by molar-refractivity contribution is 1.41. The van der Waals surface area contributed by atoms with Crippen molar-refractivity contribution in [2.24, 2.45) is 0 Å². The Balaban J connectivity index is 2.32. The molecular weight excluding hydrogens is 230 g/mol. The van der Waals surface area contributed by atoms with Gasteiger partial charge in [-0.2, -0.15) is 0 Å². The van der Waals surface area contributed by atoms with E-state index in [0.29, 0.717) is 0 Å². The fraction of sp³-hybridized carbons (Fsp3) is 0. The minimum atomic E-state index is 1.39. The Morgan fingerprint density at radius 1 is 0.421 bits per heavy atom. The van der Waals surface area contributed by atoms with Gasteiger partial charge >= 0.3 is 0 Å². The highest BCUT2D eigenvalue weighted by Crippen LogP contribution is 2.45. The van der Waals surface area contributed by atoms with E-state index in [1.165, 1.54) is 48.9 Å². The summed E-state index contributed by atoms with van der Waals surface area (Å²) in [5, 5.41) is 8.31. The number of aromatic nitrogens is 1. The van der Waals surface area contributed by atoms with Crippen LogP contribution in [-0.2, 0) is 0 Å². The number of hydrogen-bond donors (Lipinski definition) is 0. The maximum atomic E-state index is 2.47. The molecule has 0 fully saturated rings. The zero-order valence-corrected chi connectivity index (χ0v) is 10.1. The van der Waals surface area contributed by atoms with E-state index in [1.807, 2.05) is 0 Å². The Morgan fingerprint density at radius 2 is 0.684 bits per heavy atom. The first-order valence-electron chi connectivity index (χ1n) is 6.65. The second kappa shape index (κ2) is 2.43. The average Bonchev–Trinajstić information content (AvgIpc) is 3.09. The Morgan fingerprint density at radius 3 is 0.947 bits per heavy atom. The van der Waals surface area contributed by atoms with Crippen molar-refractivity contribution >= 4 is 48.9 Å². The Bertz CT molecular complexity index is 964. The number of hydrogen-bond acceptors (Lipinski definition) is 0. The molecule has 0 amide bonds. The van der Waals surface area contributed by atoms with Crippen LogP contribution in [0, 0.1) is 0 Å². The summed E-state index contributed by atoms with van der Waals surface area (Å²) in [6.07, 6.45) is 0. The van der Waals surface area contributed by atoms with Gasteiger partial charge in [0.1, 0.15) is 0 Å². The molecule has 0 spiro atoms. The summed E-state index contributed by atoms with van der Waals surface area (Å²) in [4.78, 5) is 0. The van der Waals surface area contributed by atoms with Gasteiger partial charge in [-0.05, 0) is 0 Å². The smallest absolute Gasteiger partial charge is 0.0621 e. The molecule has 19 heavy (non-hydrogen) atoms. The van der Waals surface area contributed by atoms with Crippen LogP contribution in [0.25, 0.3) is 48.9 Å². The summed E-state index contributed by atoms with van der Waals surface area (Å²) in [7, 11) is 0. The number of nitrogens with zero attached hydrogens (tertiary/aromatic N) is 1. The largest absolute Gasteiger partial charge is 0.307 e. The molecule has 86 valence electrons. The van der Waals surface area contributed by atoms with Crippen LogP contribution >= 0.6 is 0 Å². The summed E-state index contributed by atoms with van der Waals surface area (Å²) in [5.74, 6) is 0. The van der Waals surface area contributed by atoms with E-state index < -0.39 is 0 Å². The highest BCUT2D eigenvalue weighted by molar-refractivity contribution is 6.33. The first-order valence-corrected chi connectivity index (χ1v) is 6.65. The van der Waals surface area contributed by atoms with Gasteiger partial charge in [-0.3, -0.25) is 0 Å². The highest BCUT2D eigenvalue weighted by atomic mass is 14.9. The van der Waals surface area contributed by atoms with Crippen LogP contribution in [0.3, 0.4) is 0 Å². The zero-order valence-electron chi connectivity index (χ0n) is 10.1. The molecular formula is C18H9N. The second-order valence-corrected chi connectivity index (χ2v) is 5.44. The molecule has 1 heteroatoms. The summed E-state index contributed by atoms with van der Waals surface area (Å²) in [6, 6.07) is 20.0. The molecule has 0 saturated heterocycles. The highest BCUT2D eigenvalue weighted by Gasteiger charge is 2.22. The van der Waals surface area contributed by atoms with Crippen LogP contribution < -0.4 is 0 Å². The quantitative estimate of drug-likeness (QED) is 0.356. The molecule has 0 unspecified atom stereocenters. The Kier molecular flexibility index (Phi) is 1.09. The predicted molar refractivity (Wildman–Crippen MR) is 81.0 cm³/mol. The third-order valence-electron chi connectivity index (χ3n) is 4.65. The van der Waals surface area contributed by atoms with Crippen LogP contribution in [0.5, 0.6) is 0 Å². The maximum absolute atomic E-state index is 2.47. The standard InChI is InChI=1S/C18H9N/c1-4-10-12-6-2-8-14-15-9-3-7-13-11(5-1)16(10)19(17(12)14)18(13)15/h1-9H. The van der Waals surface area contributed by atoms with E-state index >= 15 is 0 Å². The van der Waals surface area contributed by atoms with E-state index in [4.69, 9.17) is 0 Å². The number of fused-ring (bicyclic) bond motifs is 3. The molecule has 3 heterocycles. The Labute approximate surface area is 108 Å². The van der Waals surface area contributed by atoms with Crippen molar-refractivity contribution in [1.29, 1.82) is 0 Å². The molecule has 3 aromatic heterocycles. The van der Waals surface area contributed by atoms with Crippen molar-refractivity contribution in [2.75, 3.05) is 0 Å². The SMILES string of the molecule is c1cc2c3cccc4c5cccc6c(c1)c2n(c34)c65. The van der Waals surface area contributed by atoms with Crippen LogP contribution in [0.4, 0.5) is 0 Å². The van der Waals surface area contributed by atoms with Crippen molar-refractivity contribution in [3.63, 3.8) is 0 Å². The van der Waals surface area contributed by atoms with Gasteiger partial charge in [0, 0.05) is 32.3 Å². The lowest BCUT2D eigenvalue weighted by Gasteiger charge is -1.91. The maximum Gasteiger partial charge on any atom is 0.0621 e. The van der Waals surface area contributed by atoms with Gasteiger partial charge in [0.25, 0.3) is 0 Å². The first-order chi connectivity index (χ1) is 9.45. The summed E-state index contributed by atoms with van der Waals surface area (Å²) >= 11 is 0. The van der Waals surface area contributed by atoms with E-state index in [0.717, 1.165) is 0 Å². The molecule has 0 N–H and O–H groups in total. The number of para-hydroxylation sites is 3. The topological polar surface area (TPSA) is 4.41 Å². The first kappa shape index (κ1) is 8.54. The number of benzene rings is 3. The van der Waals surface area contributed by atoms with Crippen LogP contribution in [0.15, 0.2) is 54.6 Å². The normalized spacial score (nSPS) is 13.3. The van der Waals surface area contributed by atoms with E-state index in [9.17, 15) is 0 Å². The van der Waals surface area contributed by atoms with Gasteiger partial charge in [0.05, 0.1) is 16.6 Å².